The van der Waals surface area contributed by atoms with Crippen LogP contribution in [-0.2, 0) is 14.3 Å². The number of hydrogen-bond acceptors (Lipinski definition) is 4. The summed E-state index contributed by atoms with van der Waals surface area (Å²) < 4.78 is 9.78. The first-order chi connectivity index (χ1) is 7.47. The van der Waals surface area contributed by atoms with E-state index in [0.29, 0.717) is 0 Å². The van der Waals surface area contributed by atoms with Crippen LogP contribution in [-0.4, -0.2) is 31.3 Å². The van der Waals surface area contributed by atoms with E-state index >= 15 is 0 Å². The van der Waals surface area contributed by atoms with Crippen molar-refractivity contribution in [3.05, 3.63) is 0 Å². The van der Waals surface area contributed by atoms with E-state index in [4.69, 9.17) is 9.47 Å². The summed E-state index contributed by atoms with van der Waals surface area (Å²) in [6, 6.07) is 0. The quantitative estimate of drug-likeness (QED) is 0.558. The van der Waals surface area contributed by atoms with E-state index in [2.05, 4.69) is 5.32 Å². The molecule has 0 heterocycles. The van der Waals surface area contributed by atoms with Crippen LogP contribution in [0.4, 0.5) is 4.79 Å². The summed E-state index contributed by atoms with van der Waals surface area (Å²) in [5.41, 5.74) is 0. The third-order valence-electron chi connectivity index (χ3n) is 1.97. The number of amides is 1. The average Bonchev–Trinajstić information content (AvgIpc) is 2.21. The Morgan fingerprint density at radius 1 is 1.25 bits per heavy atom. The van der Waals surface area contributed by atoms with Crippen LogP contribution >= 0.6 is 0 Å². The van der Waals surface area contributed by atoms with Gasteiger partial charge in [0.05, 0.1) is 18.6 Å². The maximum atomic E-state index is 11.2. The normalized spacial score (nSPS) is 12.1. The molecular formula is C11H21NO4. The van der Waals surface area contributed by atoms with Gasteiger partial charge in [0.2, 0.25) is 0 Å². The number of ether oxygens (including phenoxy) is 2. The van der Waals surface area contributed by atoms with E-state index in [1.165, 1.54) is 0 Å². The summed E-state index contributed by atoms with van der Waals surface area (Å²) in [5.74, 6) is -0.329. The van der Waals surface area contributed by atoms with E-state index in [9.17, 15) is 9.59 Å². The van der Waals surface area contributed by atoms with Gasteiger partial charge in [0.1, 0.15) is 6.61 Å². The molecule has 0 spiro atoms. The van der Waals surface area contributed by atoms with Crippen molar-refractivity contribution < 1.29 is 19.1 Å². The number of rotatable bonds is 6. The lowest BCUT2D eigenvalue weighted by molar-refractivity contribution is -0.147. The molecule has 5 nitrogen and oxygen atoms in total. The number of hydrogen-bond donors (Lipinski definition) is 1. The van der Waals surface area contributed by atoms with Crippen LogP contribution in [0.25, 0.3) is 0 Å². The molecule has 0 rings (SSSR count). The first kappa shape index (κ1) is 14.7. The van der Waals surface area contributed by atoms with Crippen LogP contribution in [0.15, 0.2) is 0 Å². The van der Waals surface area contributed by atoms with Crippen LogP contribution in [0.5, 0.6) is 0 Å². The molecule has 1 amide bonds. The monoisotopic (exact) mass is 231 g/mol. The smallest absolute Gasteiger partial charge is 0.407 e. The molecule has 0 aromatic carbocycles. The van der Waals surface area contributed by atoms with Crippen molar-refractivity contribution in [1.82, 2.24) is 5.32 Å². The molecule has 1 unspecified atom stereocenters. The molecular weight excluding hydrogens is 210 g/mol. The lowest BCUT2D eigenvalue weighted by atomic mass is 10.1. The Balaban J connectivity index is 3.53. The molecule has 0 aromatic heterocycles. The van der Waals surface area contributed by atoms with E-state index in [1.54, 1.807) is 13.8 Å². The fraction of sp³-hybridized carbons (Fsp3) is 0.818. The molecule has 0 fully saturated rings. The van der Waals surface area contributed by atoms with Gasteiger partial charge < -0.3 is 14.8 Å². The van der Waals surface area contributed by atoms with Crippen LogP contribution in [0.3, 0.4) is 0 Å². The molecule has 0 aliphatic rings. The SMILES string of the molecule is CCC(C)C(=O)OCCNC(=O)OC(C)C. The minimum Gasteiger partial charge on any atom is -0.464 e. The Morgan fingerprint density at radius 2 is 1.88 bits per heavy atom. The second-order valence-corrected chi connectivity index (χ2v) is 3.86. The predicted molar refractivity (Wildman–Crippen MR) is 60.0 cm³/mol. The maximum Gasteiger partial charge on any atom is 0.407 e. The topological polar surface area (TPSA) is 64.6 Å². The largest absolute Gasteiger partial charge is 0.464 e. The van der Waals surface area contributed by atoms with Crippen molar-refractivity contribution in [2.24, 2.45) is 5.92 Å². The van der Waals surface area contributed by atoms with Gasteiger partial charge in [-0.15, -0.1) is 0 Å². The Labute approximate surface area is 96.5 Å². The minimum absolute atomic E-state index is 0.0948. The molecule has 1 N–H and O–H groups in total. The molecule has 1 atom stereocenters. The van der Waals surface area contributed by atoms with Gasteiger partial charge in [0, 0.05) is 0 Å². The number of esters is 1. The van der Waals surface area contributed by atoms with Gasteiger partial charge in [-0.1, -0.05) is 13.8 Å². The Kier molecular flexibility index (Phi) is 7.33. The summed E-state index contributed by atoms with van der Waals surface area (Å²) in [6.45, 7) is 7.71. The van der Waals surface area contributed by atoms with Crippen molar-refractivity contribution in [3.8, 4) is 0 Å². The van der Waals surface area contributed by atoms with E-state index in [0.717, 1.165) is 6.42 Å². The van der Waals surface area contributed by atoms with Crippen LogP contribution in [0, 0.1) is 5.92 Å². The summed E-state index contributed by atoms with van der Waals surface area (Å²) >= 11 is 0. The number of carbonyl (C=O) groups excluding carboxylic acids is 2. The zero-order valence-corrected chi connectivity index (χ0v) is 10.4. The third kappa shape index (κ3) is 7.09. The highest BCUT2D eigenvalue weighted by atomic mass is 16.6. The molecule has 0 aromatic rings. The Bertz CT molecular complexity index is 228. The summed E-state index contributed by atoms with van der Waals surface area (Å²) in [7, 11) is 0. The standard InChI is InChI=1S/C11H21NO4/c1-5-9(4)10(13)15-7-6-12-11(14)16-8(2)3/h8-9H,5-7H2,1-4H3,(H,12,14). The van der Waals surface area contributed by atoms with Crippen molar-refractivity contribution in [2.45, 2.75) is 40.2 Å². The predicted octanol–water partition coefficient (Wildman–Crippen LogP) is 1.71. The van der Waals surface area contributed by atoms with Crippen LogP contribution in [0.2, 0.25) is 0 Å². The highest BCUT2D eigenvalue weighted by molar-refractivity contribution is 5.72. The molecule has 0 aliphatic carbocycles. The fourth-order valence-corrected chi connectivity index (χ4v) is 0.869. The second kappa shape index (κ2) is 7.96. The molecule has 0 bridgehead atoms. The molecule has 0 radical (unpaired) electrons. The lowest BCUT2D eigenvalue weighted by Crippen LogP contribution is -2.30. The summed E-state index contributed by atoms with van der Waals surface area (Å²) in [4.78, 5) is 22.2. The first-order valence-corrected chi connectivity index (χ1v) is 5.58. The van der Waals surface area contributed by atoms with Gasteiger partial charge >= 0.3 is 12.1 Å². The highest BCUT2D eigenvalue weighted by Gasteiger charge is 2.11. The highest BCUT2D eigenvalue weighted by Crippen LogP contribution is 2.02. The molecule has 0 aliphatic heterocycles. The van der Waals surface area contributed by atoms with Gasteiger partial charge in [-0.05, 0) is 20.3 Å². The van der Waals surface area contributed by atoms with Gasteiger partial charge in [0.15, 0.2) is 0 Å². The molecule has 16 heavy (non-hydrogen) atoms. The maximum absolute atomic E-state index is 11.2. The lowest BCUT2D eigenvalue weighted by Gasteiger charge is -2.11. The summed E-state index contributed by atoms with van der Waals surface area (Å²) in [5, 5.41) is 2.49. The van der Waals surface area contributed by atoms with E-state index in [-0.39, 0.29) is 31.1 Å². The van der Waals surface area contributed by atoms with Crippen LogP contribution < -0.4 is 5.32 Å². The fourth-order valence-electron chi connectivity index (χ4n) is 0.869. The Hall–Kier alpha value is -1.26. The van der Waals surface area contributed by atoms with Gasteiger partial charge in [0.25, 0.3) is 0 Å². The molecule has 94 valence electrons. The van der Waals surface area contributed by atoms with E-state index in [1.807, 2.05) is 13.8 Å². The van der Waals surface area contributed by atoms with Gasteiger partial charge in [-0.3, -0.25) is 4.79 Å². The zero-order chi connectivity index (χ0) is 12.6. The minimum atomic E-state index is -0.491. The van der Waals surface area contributed by atoms with Gasteiger partial charge in [-0.2, -0.15) is 0 Å². The molecule has 0 saturated carbocycles. The second-order valence-electron chi connectivity index (χ2n) is 3.86. The van der Waals surface area contributed by atoms with E-state index < -0.39 is 6.09 Å². The van der Waals surface area contributed by atoms with Crippen molar-refractivity contribution in [2.75, 3.05) is 13.2 Å². The third-order valence-corrected chi connectivity index (χ3v) is 1.97. The van der Waals surface area contributed by atoms with Crippen LogP contribution in [0.1, 0.15) is 34.1 Å². The summed E-state index contributed by atoms with van der Waals surface area (Å²) in [6.07, 6.45) is 0.110. The van der Waals surface area contributed by atoms with Gasteiger partial charge in [-0.25, -0.2) is 4.79 Å². The van der Waals surface area contributed by atoms with Crippen molar-refractivity contribution in [1.29, 1.82) is 0 Å². The Morgan fingerprint density at radius 3 is 2.38 bits per heavy atom. The number of alkyl carbamates (subject to hydrolysis) is 1. The first-order valence-electron chi connectivity index (χ1n) is 5.58. The van der Waals surface area contributed by atoms with Crippen molar-refractivity contribution >= 4 is 12.1 Å². The van der Waals surface area contributed by atoms with Crippen molar-refractivity contribution in [3.63, 3.8) is 0 Å². The number of nitrogens with one attached hydrogen (secondary N) is 1. The average molecular weight is 231 g/mol. The molecule has 0 saturated heterocycles. The molecule has 5 heteroatoms. The zero-order valence-electron chi connectivity index (χ0n) is 10.4. The number of carbonyl (C=O) groups is 2.